The summed E-state index contributed by atoms with van der Waals surface area (Å²) in [5.74, 6) is 1.94. The van der Waals surface area contributed by atoms with Gasteiger partial charge in [-0.2, -0.15) is 0 Å². The van der Waals surface area contributed by atoms with E-state index in [0.29, 0.717) is 25.3 Å². The summed E-state index contributed by atoms with van der Waals surface area (Å²) in [5.41, 5.74) is 1.26. The molecule has 1 aromatic rings. The Morgan fingerprint density at radius 1 is 1.08 bits per heavy atom. The Kier molecular flexibility index (Phi) is 4.35. The molecule has 5 nitrogen and oxygen atoms in total. The van der Waals surface area contributed by atoms with Crippen LogP contribution in [-0.4, -0.2) is 54.1 Å². The lowest BCUT2D eigenvalue weighted by molar-refractivity contribution is -0.130. The van der Waals surface area contributed by atoms with Gasteiger partial charge in [0, 0.05) is 32.1 Å². The van der Waals surface area contributed by atoms with E-state index < -0.39 is 0 Å². The first kappa shape index (κ1) is 15.8. The molecule has 0 bridgehead atoms. The zero-order valence-electron chi connectivity index (χ0n) is 14.4. The van der Waals surface area contributed by atoms with E-state index in [0.717, 1.165) is 44.0 Å². The normalized spacial score (nSPS) is 26.8. The van der Waals surface area contributed by atoms with Crippen LogP contribution in [0.25, 0.3) is 0 Å². The molecule has 3 aliphatic rings. The minimum absolute atomic E-state index is 0.226. The minimum Gasteiger partial charge on any atom is -0.486 e. The fourth-order valence-electron chi connectivity index (χ4n) is 4.49. The predicted molar refractivity (Wildman–Crippen MR) is 91.3 cm³/mol. The third kappa shape index (κ3) is 2.97. The van der Waals surface area contributed by atoms with Gasteiger partial charge in [-0.05, 0) is 49.9 Å². The van der Waals surface area contributed by atoms with Gasteiger partial charge in [-0.25, -0.2) is 0 Å². The summed E-state index contributed by atoms with van der Waals surface area (Å²) in [5, 5.41) is 0. The van der Waals surface area contributed by atoms with Crippen molar-refractivity contribution in [2.24, 2.45) is 0 Å². The molecule has 0 aromatic heterocycles. The number of ether oxygens (including phenoxy) is 2. The number of likely N-dealkylation sites (tertiary alicyclic amines) is 2. The largest absolute Gasteiger partial charge is 0.486 e. The van der Waals surface area contributed by atoms with Gasteiger partial charge in [0.15, 0.2) is 11.5 Å². The molecule has 0 spiro atoms. The van der Waals surface area contributed by atoms with Crippen molar-refractivity contribution < 1.29 is 14.3 Å². The maximum Gasteiger partial charge on any atom is 0.219 e. The van der Waals surface area contributed by atoms with E-state index in [2.05, 4.69) is 21.9 Å². The number of fused-ring (bicyclic) bond motifs is 1. The molecular formula is C19H26N2O3. The fourth-order valence-corrected chi connectivity index (χ4v) is 4.49. The molecule has 3 aliphatic heterocycles. The summed E-state index contributed by atoms with van der Waals surface area (Å²) in [4.78, 5) is 16.6. The second kappa shape index (κ2) is 6.63. The van der Waals surface area contributed by atoms with Gasteiger partial charge in [0.25, 0.3) is 0 Å². The highest BCUT2D eigenvalue weighted by atomic mass is 16.6. The molecule has 1 aromatic carbocycles. The standard InChI is InChI=1S/C19H26N2O3/c1-14(22)21-9-3-5-17(21)16-4-2-8-20(16)13-15-6-7-18-19(12-15)24-11-10-23-18/h6-7,12,16-17H,2-5,8-11,13H2,1H3/t16-,17+/m0/s1. The van der Waals surface area contributed by atoms with Crippen LogP contribution in [-0.2, 0) is 11.3 Å². The molecule has 2 saturated heterocycles. The number of carbonyl (C=O) groups is 1. The van der Waals surface area contributed by atoms with Gasteiger partial charge in [-0.1, -0.05) is 6.07 Å². The van der Waals surface area contributed by atoms with E-state index in [4.69, 9.17) is 9.47 Å². The van der Waals surface area contributed by atoms with Crippen molar-refractivity contribution >= 4 is 5.91 Å². The first-order valence-corrected chi connectivity index (χ1v) is 9.12. The molecular weight excluding hydrogens is 304 g/mol. The van der Waals surface area contributed by atoms with E-state index in [9.17, 15) is 4.79 Å². The molecule has 3 heterocycles. The lowest BCUT2D eigenvalue weighted by Gasteiger charge is -2.34. The van der Waals surface area contributed by atoms with Crippen LogP contribution >= 0.6 is 0 Å². The van der Waals surface area contributed by atoms with Gasteiger partial charge in [-0.15, -0.1) is 0 Å². The number of carbonyl (C=O) groups excluding carboxylic acids is 1. The molecule has 0 radical (unpaired) electrons. The monoisotopic (exact) mass is 330 g/mol. The summed E-state index contributed by atoms with van der Waals surface area (Å²) < 4.78 is 11.3. The Labute approximate surface area is 143 Å². The highest BCUT2D eigenvalue weighted by Crippen LogP contribution is 2.34. The molecule has 0 unspecified atom stereocenters. The molecule has 24 heavy (non-hydrogen) atoms. The van der Waals surface area contributed by atoms with Crippen LogP contribution in [0.1, 0.15) is 38.2 Å². The van der Waals surface area contributed by atoms with Gasteiger partial charge in [-0.3, -0.25) is 9.69 Å². The van der Waals surface area contributed by atoms with Crippen LogP contribution in [0.3, 0.4) is 0 Å². The predicted octanol–water partition coefficient (Wildman–Crippen LogP) is 2.43. The molecule has 0 N–H and O–H groups in total. The Bertz CT molecular complexity index is 619. The first-order valence-electron chi connectivity index (χ1n) is 9.12. The topological polar surface area (TPSA) is 42.0 Å². The quantitative estimate of drug-likeness (QED) is 0.854. The van der Waals surface area contributed by atoms with Crippen LogP contribution in [0.15, 0.2) is 18.2 Å². The van der Waals surface area contributed by atoms with Gasteiger partial charge < -0.3 is 14.4 Å². The molecule has 130 valence electrons. The zero-order chi connectivity index (χ0) is 16.5. The Hall–Kier alpha value is -1.75. The molecule has 0 saturated carbocycles. The average molecular weight is 330 g/mol. The smallest absolute Gasteiger partial charge is 0.219 e. The summed E-state index contributed by atoms with van der Waals surface area (Å²) in [7, 11) is 0. The molecule has 0 aliphatic carbocycles. The van der Waals surface area contributed by atoms with Crippen molar-refractivity contribution in [1.82, 2.24) is 9.80 Å². The maximum atomic E-state index is 11.9. The number of rotatable bonds is 3. The number of hydrogen-bond acceptors (Lipinski definition) is 4. The number of nitrogens with zero attached hydrogens (tertiary/aromatic N) is 2. The highest BCUT2D eigenvalue weighted by molar-refractivity contribution is 5.74. The highest BCUT2D eigenvalue weighted by Gasteiger charge is 2.38. The Balaban J connectivity index is 1.48. The zero-order valence-corrected chi connectivity index (χ0v) is 14.4. The molecule has 2 fully saturated rings. The second-order valence-corrected chi connectivity index (χ2v) is 7.08. The van der Waals surface area contributed by atoms with Crippen LogP contribution in [0.2, 0.25) is 0 Å². The van der Waals surface area contributed by atoms with Gasteiger partial charge in [0.05, 0.1) is 0 Å². The van der Waals surface area contributed by atoms with Crippen molar-refractivity contribution in [1.29, 1.82) is 0 Å². The van der Waals surface area contributed by atoms with E-state index in [1.807, 2.05) is 6.07 Å². The number of hydrogen-bond donors (Lipinski definition) is 0. The Morgan fingerprint density at radius 2 is 1.83 bits per heavy atom. The second-order valence-electron chi connectivity index (χ2n) is 7.08. The SMILES string of the molecule is CC(=O)N1CCC[C@@H]1[C@@H]1CCCN1Cc1ccc2c(c1)OCCO2. The molecule has 5 heteroatoms. The average Bonchev–Trinajstić information content (AvgIpc) is 3.23. The van der Waals surface area contributed by atoms with Crippen molar-refractivity contribution in [3.05, 3.63) is 23.8 Å². The number of amides is 1. The van der Waals surface area contributed by atoms with Gasteiger partial charge >= 0.3 is 0 Å². The molecule has 4 rings (SSSR count). The van der Waals surface area contributed by atoms with Crippen molar-refractivity contribution in [3.63, 3.8) is 0 Å². The van der Waals surface area contributed by atoms with E-state index >= 15 is 0 Å². The summed E-state index contributed by atoms with van der Waals surface area (Å²) in [6.45, 7) is 5.92. The minimum atomic E-state index is 0.226. The van der Waals surface area contributed by atoms with Crippen molar-refractivity contribution in [3.8, 4) is 11.5 Å². The van der Waals surface area contributed by atoms with Crippen molar-refractivity contribution in [2.45, 2.75) is 51.2 Å². The lowest BCUT2D eigenvalue weighted by Crippen LogP contribution is -2.47. The number of benzene rings is 1. The summed E-state index contributed by atoms with van der Waals surface area (Å²) >= 11 is 0. The van der Waals surface area contributed by atoms with Crippen LogP contribution in [0.5, 0.6) is 11.5 Å². The van der Waals surface area contributed by atoms with Crippen LogP contribution < -0.4 is 9.47 Å². The first-order chi connectivity index (χ1) is 11.7. The summed E-state index contributed by atoms with van der Waals surface area (Å²) in [6.07, 6.45) is 4.69. The van der Waals surface area contributed by atoms with Gasteiger partial charge in [0.1, 0.15) is 13.2 Å². The summed E-state index contributed by atoms with van der Waals surface area (Å²) in [6, 6.07) is 7.15. The van der Waals surface area contributed by atoms with E-state index in [-0.39, 0.29) is 5.91 Å². The van der Waals surface area contributed by atoms with Crippen LogP contribution in [0.4, 0.5) is 0 Å². The maximum absolute atomic E-state index is 11.9. The third-order valence-electron chi connectivity index (χ3n) is 5.55. The fraction of sp³-hybridized carbons (Fsp3) is 0.632. The van der Waals surface area contributed by atoms with E-state index in [1.165, 1.54) is 18.4 Å². The van der Waals surface area contributed by atoms with E-state index in [1.54, 1.807) is 6.92 Å². The third-order valence-corrected chi connectivity index (χ3v) is 5.55. The molecule has 2 atom stereocenters. The van der Waals surface area contributed by atoms with Gasteiger partial charge in [0.2, 0.25) is 5.91 Å². The van der Waals surface area contributed by atoms with Crippen molar-refractivity contribution in [2.75, 3.05) is 26.3 Å². The molecule has 1 amide bonds. The lowest BCUT2D eigenvalue weighted by atomic mass is 10.0. The Morgan fingerprint density at radius 3 is 2.67 bits per heavy atom. The van der Waals surface area contributed by atoms with Crippen LogP contribution in [0, 0.1) is 0 Å².